The van der Waals surface area contributed by atoms with Crippen LogP contribution < -0.4 is 15.4 Å². The van der Waals surface area contributed by atoms with Gasteiger partial charge in [0, 0.05) is 17.8 Å². The lowest BCUT2D eigenvalue weighted by Gasteiger charge is -2.30. The highest BCUT2D eigenvalue weighted by molar-refractivity contribution is 6.03. The summed E-state index contributed by atoms with van der Waals surface area (Å²) >= 11 is 0. The van der Waals surface area contributed by atoms with Crippen LogP contribution in [0.15, 0.2) is 42.5 Å². The first-order valence-corrected chi connectivity index (χ1v) is 10.4. The van der Waals surface area contributed by atoms with Crippen molar-refractivity contribution in [3.63, 3.8) is 0 Å². The Bertz CT molecular complexity index is 1140. The van der Waals surface area contributed by atoms with E-state index in [4.69, 9.17) is 9.72 Å². The van der Waals surface area contributed by atoms with Gasteiger partial charge in [0.2, 0.25) is 5.95 Å². The second-order valence-electron chi connectivity index (χ2n) is 8.94. The minimum Gasteiger partial charge on any atom is -0.497 e. The highest BCUT2D eigenvalue weighted by Crippen LogP contribution is 2.38. The molecule has 3 aromatic rings. The fourth-order valence-electron chi connectivity index (χ4n) is 3.87. The molecule has 1 aliphatic carbocycles. The minimum absolute atomic E-state index is 0.0694. The average molecular weight is 417 g/mol. The largest absolute Gasteiger partial charge is 0.497 e. The Morgan fingerprint density at radius 3 is 2.29 bits per heavy atom. The number of methoxy groups -OCH3 is 1. The molecule has 0 spiro atoms. The topological polar surface area (TPSA) is 76.1 Å². The Hall–Kier alpha value is -3.41. The number of aromatic nitrogens is 2. The monoisotopic (exact) mass is 416 g/mol. The van der Waals surface area contributed by atoms with E-state index < -0.39 is 0 Å². The van der Waals surface area contributed by atoms with E-state index in [1.165, 1.54) is 11.1 Å². The lowest BCUT2D eigenvalue weighted by atomic mass is 9.75. The molecular formula is C25H28N4O2. The van der Waals surface area contributed by atoms with Crippen molar-refractivity contribution < 1.29 is 9.53 Å². The van der Waals surface area contributed by atoms with Crippen LogP contribution in [0.1, 0.15) is 47.4 Å². The molecule has 0 saturated heterocycles. The number of nitrogens with zero attached hydrogens (tertiary/aromatic N) is 2. The van der Waals surface area contributed by atoms with Gasteiger partial charge in [0.15, 0.2) is 5.78 Å². The first kappa shape index (κ1) is 20.8. The van der Waals surface area contributed by atoms with Crippen molar-refractivity contribution in [1.82, 2.24) is 9.97 Å². The third-order valence-corrected chi connectivity index (χ3v) is 5.66. The predicted octanol–water partition coefficient (Wildman–Crippen LogP) is 5.74. The van der Waals surface area contributed by atoms with Gasteiger partial charge in [0.05, 0.1) is 18.4 Å². The van der Waals surface area contributed by atoms with Crippen molar-refractivity contribution >= 4 is 28.9 Å². The number of benzene rings is 2. The molecule has 2 N–H and O–H groups in total. The molecule has 0 unspecified atom stereocenters. The van der Waals surface area contributed by atoms with Gasteiger partial charge in [0.1, 0.15) is 11.6 Å². The summed E-state index contributed by atoms with van der Waals surface area (Å²) in [6.45, 7) is 8.36. The third-order valence-electron chi connectivity index (χ3n) is 5.66. The molecule has 2 aromatic carbocycles. The van der Waals surface area contributed by atoms with Crippen molar-refractivity contribution in [3.8, 4) is 5.75 Å². The number of hydrogen-bond donors (Lipinski definition) is 2. The van der Waals surface area contributed by atoms with Crippen LogP contribution in [-0.4, -0.2) is 22.9 Å². The third kappa shape index (κ3) is 4.53. The number of rotatable bonds is 5. The van der Waals surface area contributed by atoms with Gasteiger partial charge in [-0.3, -0.25) is 4.79 Å². The van der Waals surface area contributed by atoms with E-state index in [1.54, 1.807) is 7.11 Å². The zero-order valence-electron chi connectivity index (χ0n) is 18.7. The van der Waals surface area contributed by atoms with Gasteiger partial charge in [0.25, 0.3) is 0 Å². The molecule has 0 fully saturated rings. The van der Waals surface area contributed by atoms with Crippen LogP contribution in [0.25, 0.3) is 0 Å². The molecule has 1 heterocycles. The summed E-state index contributed by atoms with van der Waals surface area (Å²) in [6, 6.07) is 13.7. The number of fused-ring (bicyclic) bond motifs is 1. The van der Waals surface area contributed by atoms with Crippen molar-refractivity contribution in [2.24, 2.45) is 5.41 Å². The molecule has 1 aliphatic rings. The zero-order chi connectivity index (χ0) is 22.2. The Morgan fingerprint density at radius 1 is 0.903 bits per heavy atom. The summed E-state index contributed by atoms with van der Waals surface area (Å²) in [7, 11) is 1.63. The highest BCUT2D eigenvalue weighted by Gasteiger charge is 2.35. The van der Waals surface area contributed by atoms with Crippen LogP contribution in [0.2, 0.25) is 0 Å². The molecule has 6 nitrogen and oxygen atoms in total. The Kier molecular flexibility index (Phi) is 5.39. The van der Waals surface area contributed by atoms with Gasteiger partial charge in [-0.05, 0) is 73.2 Å². The smallest absolute Gasteiger partial charge is 0.229 e. The minimum atomic E-state index is -0.131. The van der Waals surface area contributed by atoms with Crippen LogP contribution >= 0.6 is 0 Å². The SMILES string of the molecule is COc1ccc(Nc2nc(Nc3ccc(C)c(C)c3)nc3c2C(=O)CC(C)(C)C3)cc1. The highest BCUT2D eigenvalue weighted by atomic mass is 16.5. The number of Topliss-reactive ketones (excluding diaryl/α,β-unsaturated/α-hetero) is 1. The first-order chi connectivity index (χ1) is 14.7. The zero-order valence-corrected chi connectivity index (χ0v) is 18.7. The van der Waals surface area contributed by atoms with Gasteiger partial charge in [-0.2, -0.15) is 4.98 Å². The molecule has 6 heteroatoms. The van der Waals surface area contributed by atoms with E-state index in [1.807, 2.05) is 30.3 Å². The molecule has 160 valence electrons. The van der Waals surface area contributed by atoms with Gasteiger partial charge in [-0.15, -0.1) is 0 Å². The van der Waals surface area contributed by atoms with Gasteiger partial charge < -0.3 is 15.4 Å². The second kappa shape index (κ2) is 8.02. The first-order valence-electron chi connectivity index (χ1n) is 10.4. The van der Waals surface area contributed by atoms with Crippen molar-refractivity contribution in [2.75, 3.05) is 17.7 Å². The summed E-state index contributed by atoms with van der Waals surface area (Å²) < 4.78 is 5.24. The molecule has 31 heavy (non-hydrogen) atoms. The second-order valence-corrected chi connectivity index (χ2v) is 8.94. The number of ketones is 1. The quantitative estimate of drug-likeness (QED) is 0.552. The lowest BCUT2D eigenvalue weighted by molar-refractivity contribution is 0.0911. The fourth-order valence-corrected chi connectivity index (χ4v) is 3.87. The van der Waals surface area contributed by atoms with E-state index >= 15 is 0 Å². The van der Waals surface area contributed by atoms with E-state index in [0.29, 0.717) is 23.8 Å². The Balaban J connectivity index is 1.74. The van der Waals surface area contributed by atoms with Gasteiger partial charge in [-0.1, -0.05) is 19.9 Å². The maximum Gasteiger partial charge on any atom is 0.229 e. The Morgan fingerprint density at radius 2 is 1.61 bits per heavy atom. The number of nitrogens with one attached hydrogen (secondary N) is 2. The summed E-state index contributed by atoms with van der Waals surface area (Å²) in [4.78, 5) is 22.4. The maximum absolute atomic E-state index is 13.0. The molecule has 0 atom stereocenters. The van der Waals surface area contributed by atoms with E-state index in [9.17, 15) is 4.79 Å². The van der Waals surface area contributed by atoms with Gasteiger partial charge >= 0.3 is 0 Å². The molecule has 0 aliphatic heterocycles. The Labute approximate surface area is 183 Å². The summed E-state index contributed by atoms with van der Waals surface area (Å²) in [5.41, 5.74) is 5.39. The van der Waals surface area contributed by atoms with Crippen molar-refractivity contribution in [3.05, 3.63) is 64.8 Å². The molecule has 4 rings (SSSR count). The summed E-state index contributed by atoms with van der Waals surface area (Å²) in [5, 5.41) is 6.64. The molecular weight excluding hydrogens is 388 g/mol. The number of carbonyl (C=O) groups is 1. The van der Waals surface area contributed by atoms with Gasteiger partial charge in [-0.25, -0.2) is 4.98 Å². The van der Waals surface area contributed by atoms with Crippen molar-refractivity contribution in [1.29, 1.82) is 0 Å². The number of carbonyl (C=O) groups excluding carboxylic acids is 1. The van der Waals surface area contributed by atoms with Crippen molar-refractivity contribution in [2.45, 2.75) is 40.5 Å². The number of hydrogen-bond acceptors (Lipinski definition) is 6. The molecule has 0 saturated carbocycles. The van der Waals surface area contributed by atoms with Crippen LogP contribution in [-0.2, 0) is 6.42 Å². The fraction of sp³-hybridized carbons (Fsp3) is 0.320. The van der Waals surface area contributed by atoms with Crippen LogP contribution in [0.3, 0.4) is 0 Å². The van der Waals surface area contributed by atoms with E-state index in [2.05, 4.69) is 55.4 Å². The molecule has 1 aromatic heterocycles. The van der Waals surface area contributed by atoms with E-state index in [0.717, 1.165) is 29.2 Å². The van der Waals surface area contributed by atoms with Crippen LogP contribution in [0.5, 0.6) is 5.75 Å². The normalized spacial score (nSPS) is 14.7. The van der Waals surface area contributed by atoms with Crippen LogP contribution in [0.4, 0.5) is 23.1 Å². The van der Waals surface area contributed by atoms with Crippen LogP contribution in [0, 0.1) is 19.3 Å². The molecule has 0 amide bonds. The number of anilines is 4. The number of aryl methyl sites for hydroxylation is 2. The van der Waals surface area contributed by atoms with E-state index in [-0.39, 0.29) is 11.2 Å². The molecule has 0 radical (unpaired) electrons. The lowest BCUT2D eigenvalue weighted by Crippen LogP contribution is -2.29. The maximum atomic E-state index is 13.0. The summed E-state index contributed by atoms with van der Waals surface area (Å²) in [6.07, 6.45) is 1.19. The standard InChI is InChI=1S/C25H28N4O2/c1-15-6-7-18(12-16(15)2)27-24-28-20-13-25(3,4)14-21(30)22(20)23(29-24)26-17-8-10-19(31-5)11-9-17/h6-12H,13-14H2,1-5H3,(H2,26,27,28,29). The predicted molar refractivity (Wildman–Crippen MR) is 124 cm³/mol. The average Bonchev–Trinajstić information content (AvgIpc) is 2.70. The molecule has 0 bridgehead atoms. The summed E-state index contributed by atoms with van der Waals surface area (Å²) in [5.74, 6) is 1.84. The number of ether oxygens (including phenoxy) is 1.